The minimum absolute atomic E-state index is 0.00212. The predicted molar refractivity (Wildman–Crippen MR) is 54.5 cm³/mol. The highest BCUT2D eigenvalue weighted by Crippen LogP contribution is 2.18. The first-order chi connectivity index (χ1) is 6.17. The lowest BCUT2D eigenvalue weighted by Crippen LogP contribution is -2.13. The fourth-order valence-electron chi connectivity index (χ4n) is 1.09. The molecule has 0 bridgehead atoms. The number of carbonyl (C=O) groups excluding carboxylic acids is 1. The van der Waals surface area contributed by atoms with E-state index in [4.69, 9.17) is 4.52 Å². The van der Waals surface area contributed by atoms with Crippen molar-refractivity contribution < 1.29 is 9.32 Å². The Kier molecular flexibility index (Phi) is 3.26. The zero-order valence-electron chi connectivity index (χ0n) is 7.46. The van der Waals surface area contributed by atoms with Crippen molar-refractivity contribution in [1.29, 1.82) is 0 Å². The van der Waals surface area contributed by atoms with Gasteiger partial charge in [-0.05, 0) is 18.6 Å². The van der Waals surface area contributed by atoms with E-state index in [1.165, 1.54) is 0 Å². The van der Waals surface area contributed by atoms with Crippen molar-refractivity contribution in [3.05, 3.63) is 35.8 Å². The summed E-state index contributed by atoms with van der Waals surface area (Å²) in [6.07, 6.45) is 3.86. The van der Waals surface area contributed by atoms with Gasteiger partial charge in [0.05, 0.1) is 21.6 Å². The van der Waals surface area contributed by atoms with Gasteiger partial charge in [-0.25, -0.2) is 0 Å². The third-order valence-electron chi connectivity index (χ3n) is 1.75. The quantitative estimate of drug-likeness (QED) is 0.552. The zero-order chi connectivity index (χ0) is 9.84. The van der Waals surface area contributed by atoms with Crippen molar-refractivity contribution >= 4 is 15.4 Å². The molecule has 1 rings (SSSR count). The van der Waals surface area contributed by atoms with Gasteiger partial charge >= 0.3 is 0 Å². The Hall–Kier alpha value is -1.08. The first-order valence-corrected chi connectivity index (χ1v) is 4.35. The van der Waals surface area contributed by atoms with Crippen molar-refractivity contribution in [2.75, 3.05) is 0 Å². The molecule has 4 heteroatoms. The molecule has 1 heterocycles. The fourth-order valence-corrected chi connectivity index (χ4v) is 1.16. The van der Waals surface area contributed by atoms with E-state index in [2.05, 4.69) is 21.4 Å². The summed E-state index contributed by atoms with van der Waals surface area (Å²) in [7, 11) is 2.15. The van der Waals surface area contributed by atoms with E-state index >= 15 is 0 Å². The maximum Gasteiger partial charge on any atom is 0.228 e. The molecule has 1 aliphatic rings. The van der Waals surface area contributed by atoms with Gasteiger partial charge in [-0.15, -0.1) is 0 Å². The van der Waals surface area contributed by atoms with Crippen molar-refractivity contribution in [2.24, 2.45) is 0 Å². The smallest absolute Gasteiger partial charge is 0.228 e. The summed E-state index contributed by atoms with van der Waals surface area (Å²) in [5, 5.41) is 2.72. The maximum absolute atomic E-state index is 11.0. The second kappa shape index (κ2) is 4.24. The molecule has 1 N–H and O–H groups in total. The number of hydrogen-bond donors (Lipinski definition) is 1. The van der Waals surface area contributed by atoms with E-state index in [1.54, 1.807) is 12.2 Å². The molecule has 0 aromatic rings. The van der Waals surface area contributed by atoms with Gasteiger partial charge < -0.3 is 9.84 Å². The van der Waals surface area contributed by atoms with E-state index in [9.17, 15) is 4.79 Å². The molecule has 0 spiro atoms. The Labute approximate surface area is 79.8 Å². The average Bonchev–Trinajstić information content (AvgIpc) is 2.46. The summed E-state index contributed by atoms with van der Waals surface area (Å²) >= 11 is 0. The minimum atomic E-state index is -0.00212. The van der Waals surface area contributed by atoms with Gasteiger partial charge in [0.1, 0.15) is 0 Å². The fraction of sp³-hybridized carbons (Fsp3) is 0.222. The molecule has 0 aliphatic carbocycles. The summed E-state index contributed by atoms with van der Waals surface area (Å²) in [6, 6.07) is 0. The molecular weight excluding hydrogens is 185 g/mol. The standard InChI is InChI=1S/C9H12NO2P/c1-3-7-5-9(11)10-8(7)4-6(2)12-13/h3-4H,1,5,13H2,2H3,(H,10,11)/b6-4+. The van der Waals surface area contributed by atoms with Crippen LogP contribution in [0.4, 0.5) is 0 Å². The lowest BCUT2D eigenvalue weighted by molar-refractivity contribution is -0.118. The number of rotatable bonds is 3. The van der Waals surface area contributed by atoms with Crippen molar-refractivity contribution in [1.82, 2.24) is 5.32 Å². The number of carbonyl (C=O) groups is 1. The molecule has 13 heavy (non-hydrogen) atoms. The molecule has 0 radical (unpaired) electrons. The van der Waals surface area contributed by atoms with Crippen LogP contribution in [-0.2, 0) is 9.32 Å². The van der Waals surface area contributed by atoms with Crippen LogP contribution >= 0.6 is 9.47 Å². The van der Waals surface area contributed by atoms with Gasteiger partial charge in [0, 0.05) is 5.70 Å². The van der Waals surface area contributed by atoms with Crippen LogP contribution < -0.4 is 5.32 Å². The molecule has 1 aliphatic heterocycles. The summed E-state index contributed by atoms with van der Waals surface area (Å²) in [5.74, 6) is 0.722. The largest absolute Gasteiger partial charge is 0.485 e. The number of nitrogens with one attached hydrogen (secondary N) is 1. The van der Waals surface area contributed by atoms with Crippen LogP contribution in [0.2, 0.25) is 0 Å². The van der Waals surface area contributed by atoms with E-state index in [0.29, 0.717) is 6.42 Å². The SMILES string of the molecule is C=CC1=C(/C=C(\C)OP)NC(=O)C1. The molecule has 1 atom stereocenters. The van der Waals surface area contributed by atoms with Crippen LogP contribution in [0.3, 0.4) is 0 Å². The lowest BCUT2D eigenvalue weighted by atomic mass is 10.2. The Morgan fingerprint density at radius 3 is 3.00 bits per heavy atom. The van der Waals surface area contributed by atoms with E-state index in [1.807, 2.05) is 6.92 Å². The Bertz CT molecular complexity index is 305. The summed E-state index contributed by atoms with van der Waals surface area (Å²) in [5.41, 5.74) is 1.69. The molecule has 0 saturated carbocycles. The van der Waals surface area contributed by atoms with E-state index in [-0.39, 0.29) is 5.91 Å². The monoisotopic (exact) mass is 197 g/mol. The minimum Gasteiger partial charge on any atom is -0.485 e. The third-order valence-corrected chi connectivity index (χ3v) is 2.12. The van der Waals surface area contributed by atoms with Gasteiger partial charge in [-0.3, -0.25) is 4.79 Å². The Balaban J connectivity index is 2.89. The second-order valence-electron chi connectivity index (χ2n) is 2.74. The predicted octanol–water partition coefficient (Wildman–Crippen LogP) is 1.66. The van der Waals surface area contributed by atoms with E-state index < -0.39 is 0 Å². The number of allylic oxidation sites excluding steroid dienone is 3. The molecule has 0 fully saturated rings. The third kappa shape index (κ3) is 2.43. The van der Waals surface area contributed by atoms with Crippen molar-refractivity contribution in [3.63, 3.8) is 0 Å². The molecule has 0 aromatic carbocycles. The van der Waals surface area contributed by atoms with Gasteiger partial charge in [-0.2, -0.15) is 0 Å². The normalized spacial score (nSPS) is 17.4. The van der Waals surface area contributed by atoms with Crippen LogP contribution in [0.1, 0.15) is 13.3 Å². The van der Waals surface area contributed by atoms with E-state index in [0.717, 1.165) is 17.0 Å². The molecule has 70 valence electrons. The summed E-state index contributed by atoms with van der Waals surface area (Å²) in [4.78, 5) is 11.0. The molecule has 3 nitrogen and oxygen atoms in total. The highest BCUT2D eigenvalue weighted by atomic mass is 31.0. The second-order valence-corrected chi connectivity index (χ2v) is 2.98. The van der Waals surface area contributed by atoms with Crippen LogP contribution in [0.5, 0.6) is 0 Å². The van der Waals surface area contributed by atoms with Crippen LogP contribution in [0, 0.1) is 0 Å². The first kappa shape index (κ1) is 10.0. The van der Waals surface area contributed by atoms with Crippen LogP contribution in [0.15, 0.2) is 35.8 Å². The lowest BCUT2D eigenvalue weighted by Gasteiger charge is -2.00. The van der Waals surface area contributed by atoms with Crippen molar-refractivity contribution in [2.45, 2.75) is 13.3 Å². The van der Waals surface area contributed by atoms with Gasteiger partial charge in [0.2, 0.25) is 5.91 Å². The highest BCUT2D eigenvalue weighted by Gasteiger charge is 2.16. The van der Waals surface area contributed by atoms with Gasteiger partial charge in [0.15, 0.2) is 0 Å². The maximum atomic E-state index is 11.0. The molecule has 1 amide bonds. The van der Waals surface area contributed by atoms with Gasteiger partial charge in [-0.1, -0.05) is 12.7 Å². The molecule has 0 aromatic heterocycles. The van der Waals surface area contributed by atoms with Gasteiger partial charge in [0.25, 0.3) is 0 Å². The zero-order valence-corrected chi connectivity index (χ0v) is 8.62. The summed E-state index contributed by atoms with van der Waals surface area (Å²) in [6.45, 7) is 5.45. The Morgan fingerprint density at radius 1 is 1.77 bits per heavy atom. The van der Waals surface area contributed by atoms with Crippen LogP contribution in [-0.4, -0.2) is 5.91 Å². The summed E-state index contributed by atoms with van der Waals surface area (Å²) < 4.78 is 4.90. The Morgan fingerprint density at radius 2 is 2.46 bits per heavy atom. The highest BCUT2D eigenvalue weighted by molar-refractivity contribution is 7.10. The molecular formula is C9H12NO2P. The molecule has 1 unspecified atom stereocenters. The topological polar surface area (TPSA) is 38.3 Å². The van der Waals surface area contributed by atoms with Crippen LogP contribution in [0.25, 0.3) is 0 Å². The molecule has 0 saturated heterocycles. The number of amides is 1. The first-order valence-electron chi connectivity index (χ1n) is 3.88. The average molecular weight is 197 g/mol. The van der Waals surface area contributed by atoms with Crippen molar-refractivity contribution in [3.8, 4) is 0 Å². The number of hydrogen-bond acceptors (Lipinski definition) is 2.